The second kappa shape index (κ2) is 7.13. The van der Waals surface area contributed by atoms with E-state index in [0.717, 1.165) is 11.3 Å². The van der Waals surface area contributed by atoms with Gasteiger partial charge >= 0.3 is 0 Å². The van der Waals surface area contributed by atoms with Crippen LogP contribution in [0.5, 0.6) is 5.75 Å². The number of hydrogen-bond donors (Lipinski definition) is 2. The van der Waals surface area contributed by atoms with Crippen LogP contribution in [-0.4, -0.2) is 37.6 Å². The van der Waals surface area contributed by atoms with Gasteiger partial charge in [0, 0.05) is 19.6 Å². The highest BCUT2D eigenvalue weighted by molar-refractivity contribution is 5.35. The van der Waals surface area contributed by atoms with Crippen LogP contribution in [0.4, 0.5) is 0 Å². The second-order valence-corrected chi connectivity index (χ2v) is 6.02. The molecule has 122 valence electrons. The number of methoxy groups -OCH3 is 1. The largest absolute Gasteiger partial charge is 0.497 e. The topological polar surface area (TPSA) is 50.7 Å². The summed E-state index contributed by atoms with van der Waals surface area (Å²) in [7, 11) is 1.66. The Kier molecular flexibility index (Phi) is 4.96. The zero-order valence-corrected chi connectivity index (χ0v) is 13.4. The molecule has 0 amide bonds. The zero-order valence-electron chi connectivity index (χ0n) is 13.4. The molecule has 0 radical (unpaired) electrons. The molecule has 0 bridgehead atoms. The molecule has 1 heterocycles. The van der Waals surface area contributed by atoms with Gasteiger partial charge in [0.25, 0.3) is 0 Å². The van der Waals surface area contributed by atoms with Gasteiger partial charge in [0.05, 0.1) is 19.8 Å². The van der Waals surface area contributed by atoms with Crippen molar-refractivity contribution in [3.05, 3.63) is 65.7 Å². The fourth-order valence-corrected chi connectivity index (χ4v) is 2.90. The zero-order chi connectivity index (χ0) is 16.1. The van der Waals surface area contributed by atoms with E-state index in [2.05, 4.69) is 29.6 Å². The van der Waals surface area contributed by atoms with Gasteiger partial charge < -0.3 is 19.9 Å². The maximum Gasteiger partial charge on any atom is 0.118 e. The van der Waals surface area contributed by atoms with Gasteiger partial charge in [-0.3, -0.25) is 0 Å². The minimum Gasteiger partial charge on any atom is -0.497 e. The van der Waals surface area contributed by atoms with Crippen LogP contribution in [0, 0.1) is 0 Å². The summed E-state index contributed by atoms with van der Waals surface area (Å²) in [4.78, 5) is 0. The summed E-state index contributed by atoms with van der Waals surface area (Å²) in [6, 6.07) is 18.3. The van der Waals surface area contributed by atoms with Crippen molar-refractivity contribution in [3.63, 3.8) is 0 Å². The van der Waals surface area contributed by atoms with Gasteiger partial charge in [0.2, 0.25) is 0 Å². The number of nitrogens with one attached hydrogen (secondary N) is 1. The van der Waals surface area contributed by atoms with Crippen molar-refractivity contribution in [2.45, 2.75) is 18.1 Å². The van der Waals surface area contributed by atoms with Gasteiger partial charge in [-0.1, -0.05) is 42.5 Å². The van der Waals surface area contributed by atoms with Crippen LogP contribution in [0.2, 0.25) is 0 Å². The molecule has 1 aliphatic heterocycles. The van der Waals surface area contributed by atoms with Crippen molar-refractivity contribution in [2.75, 3.05) is 26.9 Å². The minimum atomic E-state index is -0.778. The van der Waals surface area contributed by atoms with Crippen LogP contribution in [-0.2, 0) is 4.74 Å². The Bertz CT molecular complexity index is 606. The fraction of sp³-hybridized carbons (Fsp3) is 0.368. The molecular formula is C19H23NO3. The smallest absolute Gasteiger partial charge is 0.118 e. The third-order valence-electron chi connectivity index (χ3n) is 4.30. The van der Waals surface area contributed by atoms with E-state index in [1.54, 1.807) is 7.11 Å². The average Bonchev–Trinajstić information content (AvgIpc) is 3.03. The lowest BCUT2D eigenvalue weighted by Gasteiger charge is -2.26. The fourth-order valence-electron chi connectivity index (χ4n) is 2.90. The number of aliphatic hydroxyl groups is 1. The lowest BCUT2D eigenvalue weighted by molar-refractivity contribution is 0.0257. The quantitative estimate of drug-likeness (QED) is 0.860. The van der Waals surface area contributed by atoms with E-state index in [0.29, 0.717) is 26.2 Å². The SMILES string of the molecule is COc1ccc([C@@H](NC[C@]2(O)CCOC2)c2ccccc2)cc1. The summed E-state index contributed by atoms with van der Waals surface area (Å²) in [6.45, 7) is 1.51. The highest BCUT2D eigenvalue weighted by atomic mass is 16.5. The molecule has 0 spiro atoms. The second-order valence-electron chi connectivity index (χ2n) is 6.02. The molecule has 4 nitrogen and oxygen atoms in total. The van der Waals surface area contributed by atoms with Crippen LogP contribution in [0.25, 0.3) is 0 Å². The van der Waals surface area contributed by atoms with Gasteiger partial charge in [-0.25, -0.2) is 0 Å². The van der Waals surface area contributed by atoms with Gasteiger partial charge in [-0.2, -0.15) is 0 Å². The molecule has 1 aliphatic rings. The molecule has 3 rings (SSSR count). The molecule has 4 heteroatoms. The van der Waals surface area contributed by atoms with E-state index in [9.17, 15) is 5.11 Å². The van der Waals surface area contributed by atoms with Gasteiger partial charge in [0.15, 0.2) is 0 Å². The Balaban J connectivity index is 1.81. The van der Waals surface area contributed by atoms with Gasteiger partial charge in [-0.05, 0) is 23.3 Å². The molecule has 0 unspecified atom stereocenters. The first-order chi connectivity index (χ1) is 11.2. The van der Waals surface area contributed by atoms with Crippen LogP contribution < -0.4 is 10.1 Å². The molecule has 0 aliphatic carbocycles. The van der Waals surface area contributed by atoms with Crippen LogP contribution in [0.3, 0.4) is 0 Å². The molecule has 2 atom stereocenters. The Morgan fingerprint density at radius 2 is 1.83 bits per heavy atom. The Morgan fingerprint density at radius 3 is 2.43 bits per heavy atom. The summed E-state index contributed by atoms with van der Waals surface area (Å²) in [5.41, 5.74) is 1.53. The third-order valence-corrected chi connectivity index (χ3v) is 4.30. The van der Waals surface area contributed by atoms with E-state index in [1.807, 2.05) is 30.3 Å². The number of rotatable bonds is 6. The van der Waals surface area contributed by atoms with Gasteiger partial charge in [-0.15, -0.1) is 0 Å². The molecule has 2 aromatic rings. The van der Waals surface area contributed by atoms with Crippen molar-refractivity contribution in [1.29, 1.82) is 0 Å². The van der Waals surface area contributed by atoms with E-state index < -0.39 is 5.60 Å². The van der Waals surface area contributed by atoms with E-state index in [-0.39, 0.29) is 6.04 Å². The lowest BCUT2D eigenvalue weighted by Crippen LogP contribution is -2.42. The van der Waals surface area contributed by atoms with Crippen molar-refractivity contribution < 1.29 is 14.6 Å². The Hall–Kier alpha value is -1.88. The average molecular weight is 313 g/mol. The molecule has 23 heavy (non-hydrogen) atoms. The highest BCUT2D eigenvalue weighted by Crippen LogP contribution is 2.26. The summed E-state index contributed by atoms with van der Waals surface area (Å²) < 4.78 is 10.6. The summed E-state index contributed by atoms with van der Waals surface area (Å²) in [5, 5.41) is 14.0. The predicted octanol–water partition coefficient (Wildman–Crippen LogP) is 2.53. The van der Waals surface area contributed by atoms with E-state index >= 15 is 0 Å². The van der Waals surface area contributed by atoms with Gasteiger partial charge in [0.1, 0.15) is 11.4 Å². The van der Waals surface area contributed by atoms with Crippen molar-refractivity contribution in [2.24, 2.45) is 0 Å². The van der Waals surface area contributed by atoms with Crippen LogP contribution >= 0.6 is 0 Å². The molecule has 2 N–H and O–H groups in total. The maximum absolute atomic E-state index is 10.5. The summed E-state index contributed by atoms with van der Waals surface area (Å²) >= 11 is 0. The van der Waals surface area contributed by atoms with E-state index in [1.165, 1.54) is 5.56 Å². The lowest BCUT2D eigenvalue weighted by atomic mass is 9.96. The first kappa shape index (κ1) is 16.0. The first-order valence-electron chi connectivity index (χ1n) is 7.93. The molecular weight excluding hydrogens is 290 g/mol. The maximum atomic E-state index is 10.5. The van der Waals surface area contributed by atoms with E-state index in [4.69, 9.17) is 9.47 Å². The Labute approximate surface area is 137 Å². The normalized spacial score (nSPS) is 22.0. The highest BCUT2D eigenvalue weighted by Gasteiger charge is 2.32. The molecule has 0 saturated carbocycles. The number of hydrogen-bond acceptors (Lipinski definition) is 4. The number of ether oxygens (including phenoxy) is 2. The summed E-state index contributed by atoms with van der Waals surface area (Å²) in [5.74, 6) is 0.836. The van der Waals surface area contributed by atoms with Crippen molar-refractivity contribution >= 4 is 0 Å². The van der Waals surface area contributed by atoms with Crippen LogP contribution in [0.1, 0.15) is 23.6 Å². The van der Waals surface area contributed by atoms with Crippen LogP contribution in [0.15, 0.2) is 54.6 Å². The third kappa shape index (κ3) is 3.91. The molecule has 2 aromatic carbocycles. The van der Waals surface area contributed by atoms with Crippen molar-refractivity contribution in [3.8, 4) is 5.75 Å². The standard InChI is InChI=1S/C19H23NO3/c1-22-17-9-7-16(8-10-17)18(15-5-3-2-4-6-15)20-13-19(21)11-12-23-14-19/h2-10,18,20-21H,11-14H2,1H3/t18-,19+/m0/s1. The monoisotopic (exact) mass is 313 g/mol. The molecule has 1 saturated heterocycles. The Morgan fingerprint density at radius 1 is 1.13 bits per heavy atom. The molecule has 0 aromatic heterocycles. The minimum absolute atomic E-state index is 0.0201. The summed E-state index contributed by atoms with van der Waals surface area (Å²) in [6.07, 6.45) is 0.671. The first-order valence-corrected chi connectivity index (χ1v) is 7.93. The number of benzene rings is 2. The van der Waals surface area contributed by atoms with Crippen molar-refractivity contribution in [1.82, 2.24) is 5.32 Å². The molecule has 1 fully saturated rings. The predicted molar refractivity (Wildman–Crippen MR) is 89.7 cm³/mol.